The third-order valence-corrected chi connectivity index (χ3v) is 4.73. The molecule has 1 aliphatic heterocycles. The fourth-order valence-corrected chi connectivity index (χ4v) is 3.40. The molecule has 1 aromatic heterocycles. The maximum atomic E-state index is 12.1. The first-order chi connectivity index (χ1) is 9.56. The highest BCUT2D eigenvalue weighted by atomic mass is 32.2. The highest BCUT2D eigenvalue weighted by Gasteiger charge is 2.24. The quantitative estimate of drug-likeness (QED) is 0.909. The maximum Gasteiger partial charge on any atom is 0.323 e. The molecule has 2 amide bonds. The van der Waals surface area contributed by atoms with Gasteiger partial charge in [0, 0.05) is 37.7 Å². The Bertz CT molecular complexity index is 440. The summed E-state index contributed by atoms with van der Waals surface area (Å²) in [7, 11) is 1.86. The molecule has 1 N–H and O–H groups in total. The predicted octanol–water partition coefficient (Wildman–Crippen LogP) is 2.90. The first-order valence-electron chi connectivity index (χ1n) is 7.21. The van der Waals surface area contributed by atoms with Gasteiger partial charge in [-0.25, -0.2) is 4.79 Å². The van der Waals surface area contributed by atoms with Gasteiger partial charge in [-0.05, 0) is 24.5 Å². The minimum Gasteiger partial charge on any atom is -0.324 e. The zero-order valence-corrected chi connectivity index (χ0v) is 13.3. The van der Waals surface area contributed by atoms with Crippen LogP contribution in [0, 0.1) is 5.92 Å². The van der Waals surface area contributed by atoms with E-state index >= 15 is 0 Å². The highest BCUT2D eigenvalue weighted by molar-refractivity contribution is 7.99. The number of amides is 2. The number of aromatic nitrogens is 2. The van der Waals surface area contributed by atoms with Gasteiger partial charge in [-0.3, -0.25) is 10.00 Å². The lowest BCUT2D eigenvalue weighted by atomic mass is 10.1. The van der Waals surface area contributed by atoms with Gasteiger partial charge in [-0.2, -0.15) is 16.9 Å². The molecule has 0 spiro atoms. The van der Waals surface area contributed by atoms with E-state index in [0.717, 1.165) is 30.9 Å². The fraction of sp³-hybridized carbons (Fsp3) is 0.714. The second kappa shape index (κ2) is 7.02. The molecular weight excluding hydrogens is 272 g/mol. The van der Waals surface area contributed by atoms with Crippen LogP contribution in [0.1, 0.15) is 26.7 Å². The summed E-state index contributed by atoms with van der Waals surface area (Å²) in [6.45, 7) is 5.28. The van der Waals surface area contributed by atoms with Crippen LogP contribution < -0.4 is 5.32 Å². The zero-order chi connectivity index (χ0) is 14.5. The van der Waals surface area contributed by atoms with Crippen molar-refractivity contribution in [3.63, 3.8) is 0 Å². The number of thioether (sulfide) groups is 1. The van der Waals surface area contributed by atoms with Gasteiger partial charge in [0.05, 0.1) is 0 Å². The molecule has 0 bridgehead atoms. The Morgan fingerprint density at radius 3 is 3.10 bits per heavy atom. The first kappa shape index (κ1) is 15.2. The van der Waals surface area contributed by atoms with Gasteiger partial charge in [0.25, 0.3) is 0 Å². The summed E-state index contributed by atoms with van der Waals surface area (Å²) in [5.41, 5.74) is 0. The molecule has 2 rings (SSSR count). The number of urea groups is 1. The van der Waals surface area contributed by atoms with Crippen LogP contribution in [0.5, 0.6) is 0 Å². The number of nitrogens with zero attached hydrogens (tertiary/aromatic N) is 3. The van der Waals surface area contributed by atoms with Gasteiger partial charge >= 0.3 is 6.03 Å². The standard InChI is InChI=1S/C14H24N4OS/c1-11(2)4-7-18-8-5-13(16-18)15-14(19)17(3)12-6-9-20-10-12/h5,8,11-12H,4,6-7,9-10H2,1-3H3,(H,15,16,19)/t12-/m1/s1. The summed E-state index contributed by atoms with van der Waals surface area (Å²) < 4.78 is 1.89. The lowest BCUT2D eigenvalue weighted by Crippen LogP contribution is -2.39. The van der Waals surface area contributed by atoms with Gasteiger partial charge in [0.2, 0.25) is 0 Å². The molecule has 0 aromatic carbocycles. The number of carbonyl (C=O) groups excluding carboxylic acids is 1. The Kier molecular flexibility index (Phi) is 5.34. The van der Waals surface area contributed by atoms with Crippen LogP contribution in [0.4, 0.5) is 10.6 Å². The summed E-state index contributed by atoms with van der Waals surface area (Å²) in [6, 6.07) is 2.14. The van der Waals surface area contributed by atoms with E-state index in [1.54, 1.807) is 4.90 Å². The number of hydrogen-bond acceptors (Lipinski definition) is 3. The molecule has 1 saturated heterocycles. The monoisotopic (exact) mass is 296 g/mol. The molecule has 1 atom stereocenters. The Morgan fingerprint density at radius 2 is 2.45 bits per heavy atom. The van der Waals surface area contributed by atoms with E-state index in [-0.39, 0.29) is 6.03 Å². The van der Waals surface area contributed by atoms with Crippen molar-refractivity contribution in [2.45, 2.75) is 39.3 Å². The highest BCUT2D eigenvalue weighted by Crippen LogP contribution is 2.21. The largest absolute Gasteiger partial charge is 0.324 e. The molecule has 2 heterocycles. The molecule has 20 heavy (non-hydrogen) atoms. The van der Waals surface area contributed by atoms with Crippen LogP contribution in [-0.4, -0.2) is 45.3 Å². The van der Waals surface area contributed by atoms with Crippen LogP contribution in [0.15, 0.2) is 12.3 Å². The normalized spacial score (nSPS) is 18.5. The van der Waals surface area contributed by atoms with E-state index in [2.05, 4.69) is 24.3 Å². The number of carbonyl (C=O) groups is 1. The van der Waals surface area contributed by atoms with Gasteiger partial charge in [0.15, 0.2) is 5.82 Å². The summed E-state index contributed by atoms with van der Waals surface area (Å²) in [6.07, 6.45) is 4.09. The third-order valence-electron chi connectivity index (χ3n) is 3.58. The van der Waals surface area contributed by atoms with Crippen molar-refractivity contribution < 1.29 is 4.79 Å². The van der Waals surface area contributed by atoms with Gasteiger partial charge in [-0.15, -0.1) is 0 Å². The van der Waals surface area contributed by atoms with Crippen LogP contribution in [0.25, 0.3) is 0 Å². The molecule has 6 heteroatoms. The van der Waals surface area contributed by atoms with Crippen LogP contribution >= 0.6 is 11.8 Å². The van der Waals surface area contributed by atoms with Gasteiger partial charge in [0.1, 0.15) is 0 Å². The number of rotatable bonds is 5. The average molecular weight is 296 g/mol. The molecule has 112 valence electrons. The van der Waals surface area contributed by atoms with Crippen molar-refractivity contribution in [3.8, 4) is 0 Å². The number of nitrogens with one attached hydrogen (secondary N) is 1. The summed E-state index contributed by atoms with van der Waals surface area (Å²) in [5.74, 6) is 3.47. The average Bonchev–Trinajstić information content (AvgIpc) is 3.06. The Hall–Kier alpha value is -1.17. The van der Waals surface area contributed by atoms with Crippen molar-refractivity contribution in [1.82, 2.24) is 14.7 Å². The Balaban J connectivity index is 1.84. The molecule has 1 aliphatic rings. The number of anilines is 1. The maximum absolute atomic E-state index is 12.1. The lowest BCUT2D eigenvalue weighted by molar-refractivity contribution is 0.209. The molecule has 0 aliphatic carbocycles. The molecular formula is C14H24N4OS. The van der Waals surface area contributed by atoms with Crippen LogP contribution in [-0.2, 0) is 6.54 Å². The topological polar surface area (TPSA) is 50.2 Å². The molecule has 1 aromatic rings. The van der Waals surface area contributed by atoms with E-state index in [4.69, 9.17) is 0 Å². The van der Waals surface area contributed by atoms with Gasteiger partial charge in [-0.1, -0.05) is 13.8 Å². The molecule has 0 radical (unpaired) electrons. The molecule has 0 saturated carbocycles. The minimum absolute atomic E-state index is 0.0633. The van der Waals surface area contributed by atoms with Crippen molar-refractivity contribution in [3.05, 3.63) is 12.3 Å². The summed E-state index contributed by atoms with van der Waals surface area (Å²) >= 11 is 1.91. The SMILES string of the molecule is CC(C)CCn1ccc(NC(=O)N(C)[C@@H]2CCSC2)n1. The van der Waals surface area contributed by atoms with Crippen molar-refractivity contribution in [2.75, 3.05) is 23.9 Å². The molecule has 5 nitrogen and oxygen atoms in total. The van der Waals surface area contributed by atoms with E-state index in [0.29, 0.717) is 17.8 Å². The smallest absolute Gasteiger partial charge is 0.323 e. The van der Waals surface area contributed by atoms with Crippen molar-refractivity contribution >= 4 is 23.6 Å². The predicted molar refractivity (Wildman–Crippen MR) is 84.2 cm³/mol. The minimum atomic E-state index is -0.0633. The van der Waals surface area contributed by atoms with Gasteiger partial charge < -0.3 is 4.90 Å². The summed E-state index contributed by atoms with van der Waals surface area (Å²) in [5, 5.41) is 7.26. The van der Waals surface area contributed by atoms with Crippen molar-refractivity contribution in [1.29, 1.82) is 0 Å². The van der Waals surface area contributed by atoms with E-state index in [9.17, 15) is 4.79 Å². The van der Waals surface area contributed by atoms with Crippen LogP contribution in [0.2, 0.25) is 0 Å². The first-order valence-corrected chi connectivity index (χ1v) is 8.36. The molecule has 0 unspecified atom stereocenters. The van der Waals surface area contributed by atoms with Crippen LogP contribution in [0.3, 0.4) is 0 Å². The number of aryl methyl sites for hydroxylation is 1. The fourth-order valence-electron chi connectivity index (χ4n) is 2.13. The van der Waals surface area contributed by atoms with E-state index < -0.39 is 0 Å². The Morgan fingerprint density at radius 1 is 1.65 bits per heavy atom. The van der Waals surface area contributed by atoms with Crippen molar-refractivity contribution in [2.24, 2.45) is 5.92 Å². The zero-order valence-electron chi connectivity index (χ0n) is 12.5. The van der Waals surface area contributed by atoms with E-state index in [1.807, 2.05) is 35.8 Å². The Labute approximate surface area is 125 Å². The third kappa shape index (κ3) is 4.16. The second-order valence-electron chi connectivity index (χ2n) is 5.71. The lowest BCUT2D eigenvalue weighted by Gasteiger charge is -2.23. The second-order valence-corrected chi connectivity index (χ2v) is 6.85. The van der Waals surface area contributed by atoms with E-state index in [1.165, 1.54) is 0 Å². The molecule has 1 fully saturated rings. The summed E-state index contributed by atoms with van der Waals surface area (Å²) in [4.78, 5) is 13.9. The number of hydrogen-bond donors (Lipinski definition) is 1.